The van der Waals surface area contributed by atoms with Crippen LogP contribution in [0.1, 0.15) is 32.6 Å². The van der Waals surface area contributed by atoms with E-state index in [1.165, 1.54) is 19.3 Å². The zero-order valence-corrected chi connectivity index (χ0v) is 12.5. The van der Waals surface area contributed by atoms with Crippen LogP contribution in [0.25, 0.3) is 0 Å². The Bertz CT molecular complexity index is 538. The largest absolute Gasteiger partial charge is 0.492 e. The number of anilines is 1. The van der Waals surface area contributed by atoms with E-state index in [0.717, 1.165) is 17.9 Å². The normalized spacial score (nSPS) is 27.2. The third-order valence-electron chi connectivity index (χ3n) is 4.49. The number of carbonyl (C=O) groups excluding carboxylic acids is 1. The highest BCUT2D eigenvalue weighted by molar-refractivity contribution is 5.96. The molecule has 1 fully saturated rings. The Balaban J connectivity index is 1.67. The molecule has 1 N–H and O–H groups in total. The number of carbonyl (C=O) groups is 1. The summed E-state index contributed by atoms with van der Waals surface area (Å²) in [5.41, 5.74) is 0.785. The predicted molar refractivity (Wildman–Crippen MR) is 84.3 cm³/mol. The highest BCUT2D eigenvalue weighted by Crippen LogP contribution is 2.52. The van der Waals surface area contributed by atoms with Crippen molar-refractivity contribution in [2.24, 2.45) is 17.8 Å². The lowest BCUT2D eigenvalue weighted by atomic mass is 10.1. The molecule has 1 saturated carbocycles. The van der Waals surface area contributed by atoms with Crippen LogP contribution >= 0.6 is 0 Å². The number of ether oxygens (including phenoxy) is 1. The van der Waals surface area contributed by atoms with Crippen LogP contribution in [0.5, 0.6) is 5.75 Å². The first-order chi connectivity index (χ1) is 10.3. The van der Waals surface area contributed by atoms with Crippen LogP contribution in [0.3, 0.4) is 0 Å². The van der Waals surface area contributed by atoms with Crippen molar-refractivity contribution in [3.63, 3.8) is 0 Å². The second-order valence-electron chi connectivity index (χ2n) is 5.90. The number of fused-ring (bicyclic) bond motifs is 1. The Labute approximate surface area is 126 Å². The van der Waals surface area contributed by atoms with Gasteiger partial charge in [0.1, 0.15) is 5.75 Å². The molecule has 0 spiro atoms. The SMILES string of the molecule is CCOc1ccccc1NC(=O)[C@@H]1[C@@H]2C=CCCCC[C@H]21. The van der Waals surface area contributed by atoms with E-state index in [-0.39, 0.29) is 11.8 Å². The minimum absolute atomic E-state index is 0.142. The number of rotatable bonds is 4. The Hall–Kier alpha value is -1.77. The van der Waals surface area contributed by atoms with Crippen LogP contribution < -0.4 is 10.1 Å². The van der Waals surface area contributed by atoms with Crippen LogP contribution in [0.4, 0.5) is 5.69 Å². The Kier molecular flexibility index (Phi) is 4.28. The molecular weight excluding hydrogens is 262 g/mol. The van der Waals surface area contributed by atoms with E-state index < -0.39 is 0 Å². The molecule has 0 bridgehead atoms. The van der Waals surface area contributed by atoms with Gasteiger partial charge in [0.2, 0.25) is 5.91 Å². The third-order valence-corrected chi connectivity index (χ3v) is 4.49. The Morgan fingerprint density at radius 2 is 2.19 bits per heavy atom. The van der Waals surface area contributed by atoms with E-state index in [9.17, 15) is 4.79 Å². The molecule has 0 unspecified atom stereocenters. The molecule has 0 radical (unpaired) electrons. The van der Waals surface area contributed by atoms with Gasteiger partial charge in [0.15, 0.2) is 0 Å². The van der Waals surface area contributed by atoms with Crippen LogP contribution in [-0.4, -0.2) is 12.5 Å². The maximum atomic E-state index is 12.5. The fraction of sp³-hybridized carbons (Fsp3) is 0.500. The van der Waals surface area contributed by atoms with E-state index in [1.54, 1.807) is 0 Å². The van der Waals surface area contributed by atoms with E-state index in [4.69, 9.17) is 4.74 Å². The lowest BCUT2D eigenvalue weighted by Crippen LogP contribution is -2.16. The van der Waals surface area contributed by atoms with E-state index in [1.807, 2.05) is 31.2 Å². The first-order valence-corrected chi connectivity index (χ1v) is 8.00. The molecule has 2 aliphatic carbocycles. The molecule has 3 nitrogen and oxygen atoms in total. The quantitative estimate of drug-likeness (QED) is 0.849. The second kappa shape index (κ2) is 6.33. The Morgan fingerprint density at radius 1 is 1.33 bits per heavy atom. The molecule has 2 aliphatic rings. The third kappa shape index (κ3) is 3.12. The number of allylic oxidation sites excluding steroid dienone is 2. The van der Waals surface area contributed by atoms with Gasteiger partial charge in [-0.15, -0.1) is 0 Å². The number of hydrogen-bond acceptors (Lipinski definition) is 2. The summed E-state index contributed by atoms with van der Waals surface area (Å²) in [6, 6.07) is 7.65. The number of benzene rings is 1. The van der Waals surface area contributed by atoms with Crippen molar-refractivity contribution < 1.29 is 9.53 Å². The van der Waals surface area contributed by atoms with Crippen LogP contribution in [-0.2, 0) is 4.79 Å². The van der Waals surface area contributed by atoms with Crippen LogP contribution in [0.15, 0.2) is 36.4 Å². The lowest BCUT2D eigenvalue weighted by molar-refractivity contribution is -0.117. The molecular formula is C18H23NO2. The summed E-state index contributed by atoms with van der Waals surface area (Å²) in [7, 11) is 0. The number of para-hydroxylation sites is 2. The summed E-state index contributed by atoms with van der Waals surface area (Å²) >= 11 is 0. The zero-order chi connectivity index (χ0) is 14.7. The average Bonchev–Trinajstić information content (AvgIpc) is 3.12. The maximum Gasteiger partial charge on any atom is 0.228 e. The van der Waals surface area contributed by atoms with Gasteiger partial charge in [0.05, 0.1) is 12.3 Å². The lowest BCUT2D eigenvalue weighted by Gasteiger charge is -2.11. The van der Waals surface area contributed by atoms with Crippen LogP contribution in [0, 0.1) is 17.8 Å². The maximum absolute atomic E-state index is 12.5. The predicted octanol–water partition coefficient (Wildman–Crippen LogP) is 4.02. The van der Waals surface area contributed by atoms with Gasteiger partial charge in [-0.1, -0.05) is 30.7 Å². The fourth-order valence-electron chi connectivity index (χ4n) is 3.37. The molecule has 1 aromatic carbocycles. The van der Waals surface area contributed by atoms with Crippen molar-refractivity contribution in [1.82, 2.24) is 0 Å². The van der Waals surface area contributed by atoms with Gasteiger partial charge in [0.25, 0.3) is 0 Å². The van der Waals surface area contributed by atoms with Gasteiger partial charge >= 0.3 is 0 Å². The molecule has 3 heteroatoms. The first-order valence-electron chi connectivity index (χ1n) is 8.00. The summed E-state index contributed by atoms with van der Waals surface area (Å²) in [4.78, 5) is 12.5. The number of nitrogens with one attached hydrogen (secondary N) is 1. The molecule has 3 atom stereocenters. The molecule has 112 valence electrons. The zero-order valence-electron chi connectivity index (χ0n) is 12.5. The van der Waals surface area contributed by atoms with Gasteiger partial charge in [-0.2, -0.15) is 0 Å². The molecule has 0 heterocycles. The van der Waals surface area contributed by atoms with Crippen molar-refractivity contribution in [2.75, 3.05) is 11.9 Å². The van der Waals surface area contributed by atoms with Crippen molar-refractivity contribution in [2.45, 2.75) is 32.6 Å². The molecule has 3 rings (SSSR count). The number of hydrogen-bond donors (Lipinski definition) is 1. The van der Waals surface area contributed by atoms with E-state index in [0.29, 0.717) is 18.4 Å². The Morgan fingerprint density at radius 3 is 3.05 bits per heavy atom. The highest BCUT2D eigenvalue weighted by atomic mass is 16.5. The molecule has 0 saturated heterocycles. The molecule has 1 aromatic rings. The van der Waals surface area contributed by atoms with Crippen molar-refractivity contribution in [1.29, 1.82) is 0 Å². The van der Waals surface area contributed by atoms with Gasteiger partial charge in [0, 0.05) is 5.92 Å². The van der Waals surface area contributed by atoms with E-state index in [2.05, 4.69) is 17.5 Å². The summed E-state index contributed by atoms with van der Waals surface area (Å²) in [5, 5.41) is 3.06. The minimum atomic E-state index is 0.142. The minimum Gasteiger partial charge on any atom is -0.492 e. The van der Waals surface area contributed by atoms with Crippen molar-refractivity contribution in [3.8, 4) is 5.75 Å². The summed E-state index contributed by atoms with van der Waals surface area (Å²) < 4.78 is 5.57. The van der Waals surface area contributed by atoms with Gasteiger partial charge in [-0.25, -0.2) is 0 Å². The van der Waals surface area contributed by atoms with Crippen molar-refractivity contribution in [3.05, 3.63) is 36.4 Å². The first kappa shape index (κ1) is 14.2. The van der Waals surface area contributed by atoms with E-state index >= 15 is 0 Å². The summed E-state index contributed by atoms with van der Waals surface area (Å²) in [6.45, 7) is 2.55. The number of amides is 1. The highest BCUT2D eigenvalue weighted by Gasteiger charge is 2.52. The summed E-state index contributed by atoms with van der Waals surface area (Å²) in [5.74, 6) is 2.03. The molecule has 21 heavy (non-hydrogen) atoms. The molecule has 0 aliphatic heterocycles. The van der Waals surface area contributed by atoms with Crippen molar-refractivity contribution >= 4 is 11.6 Å². The smallest absolute Gasteiger partial charge is 0.228 e. The summed E-state index contributed by atoms with van der Waals surface area (Å²) in [6.07, 6.45) is 9.33. The molecule has 1 amide bonds. The second-order valence-corrected chi connectivity index (χ2v) is 5.90. The monoisotopic (exact) mass is 285 g/mol. The fourth-order valence-corrected chi connectivity index (χ4v) is 3.37. The van der Waals surface area contributed by atoms with Crippen LogP contribution in [0.2, 0.25) is 0 Å². The average molecular weight is 285 g/mol. The van der Waals surface area contributed by atoms with Gasteiger partial charge in [-0.05, 0) is 50.2 Å². The standard InChI is InChI=1S/C18H23NO2/c1-2-21-16-12-8-7-11-15(16)19-18(20)17-13-9-5-3-4-6-10-14(13)17/h5,7-9,11-14,17H,2-4,6,10H2,1H3,(H,19,20)/t13-,14-,17-/m1/s1. The topological polar surface area (TPSA) is 38.3 Å². The molecule has 0 aromatic heterocycles. The van der Waals surface area contributed by atoms with Gasteiger partial charge in [-0.3, -0.25) is 4.79 Å². The van der Waals surface area contributed by atoms with Gasteiger partial charge < -0.3 is 10.1 Å².